The van der Waals surface area contributed by atoms with Crippen molar-refractivity contribution in [3.05, 3.63) is 12.4 Å². The Labute approximate surface area is 216 Å². The fourth-order valence-corrected chi connectivity index (χ4v) is 5.40. The van der Waals surface area contributed by atoms with Crippen molar-refractivity contribution < 1.29 is 0 Å². The molecule has 0 amide bonds. The Bertz CT molecular complexity index is 433. The Kier molecular flexibility index (Phi) is 22.2. The lowest BCUT2D eigenvalue weighted by molar-refractivity contribution is 0.165. The molecule has 0 radical (unpaired) electrons. The van der Waals surface area contributed by atoms with Crippen LogP contribution in [0.2, 0.25) is 0 Å². The van der Waals surface area contributed by atoms with Crippen molar-refractivity contribution in [3.63, 3.8) is 0 Å². The van der Waals surface area contributed by atoms with Gasteiger partial charge in [-0.2, -0.15) is 0 Å². The van der Waals surface area contributed by atoms with E-state index in [1.54, 1.807) is 0 Å². The second-order valence-electron chi connectivity index (χ2n) is 11.2. The Morgan fingerprint density at radius 3 is 0.882 bits per heavy atom. The van der Waals surface area contributed by atoms with Crippen molar-refractivity contribution >= 4 is 0 Å². The minimum atomic E-state index is 0.570. The van der Waals surface area contributed by atoms with E-state index in [9.17, 15) is 0 Å². The van der Waals surface area contributed by atoms with Gasteiger partial charge in [0.25, 0.3) is 0 Å². The van der Waals surface area contributed by atoms with Crippen LogP contribution >= 0.6 is 0 Å². The zero-order chi connectivity index (χ0) is 24.5. The molecule has 0 saturated heterocycles. The number of unbranched alkanes of at least 4 members (excludes halogenated alkanes) is 22. The third kappa shape index (κ3) is 17.7. The number of rotatable bonds is 26. The second kappa shape index (κ2) is 24.1. The number of hydrogen-bond donors (Lipinski definition) is 0. The molecule has 1 rings (SSSR count). The molecule has 1 aliphatic rings. The number of hydrogen-bond acceptors (Lipinski definition) is 2. The highest BCUT2D eigenvalue weighted by atomic mass is 15.4. The van der Waals surface area contributed by atoms with Crippen LogP contribution in [0.25, 0.3) is 0 Å². The summed E-state index contributed by atoms with van der Waals surface area (Å²) >= 11 is 0. The molecule has 1 aliphatic heterocycles. The molecule has 0 aromatic heterocycles. The van der Waals surface area contributed by atoms with E-state index < -0.39 is 0 Å². The zero-order valence-electron chi connectivity index (χ0n) is 24.0. The minimum absolute atomic E-state index is 0.570. The topological polar surface area (TPSA) is 6.48 Å². The van der Waals surface area contributed by atoms with E-state index in [2.05, 4.69) is 43.0 Å². The highest BCUT2D eigenvalue weighted by molar-refractivity contribution is 4.95. The van der Waals surface area contributed by atoms with E-state index in [0.717, 1.165) is 0 Å². The normalized spacial score (nSPS) is 15.7. The fraction of sp³-hybridized carbons (Fsp3) is 0.938. The van der Waals surface area contributed by atoms with E-state index in [1.165, 1.54) is 167 Å². The summed E-state index contributed by atoms with van der Waals surface area (Å²) in [7, 11) is 0. The monoisotopic (exact) mass is 477 g/mol. The molecule has 0 aromatic rings. The lowest BCUT2D eigenvalue weighted by Crippen LogP contribution is -2.36. The van der Waals surface area contributed by atoms with Gasteiger partial charge in [-0.1, -0.05) is 155 Å². The van der Waals surface area contributed by atoms with Gasteiger partial charge in [-0.15, -0.1) is 0 Å². The Hall–Kier alpha value is -0.660. The van der Waals surface area contributed by atoms with Crippen LogP contribution in [0.15, 0.2) is 12.4 Å². The molecular formula is C32H64N2. The highest BCUT2D eigenvalue weighted by Crippen LogP contribution is 2.19. The molecule has 202 valence electrons. The summed E-state index contributed by atoms with van der Waals surface area (Å²) < 4.78 is 0. The van der Waals surface area contributed by atoms with Crippen LogP contribution in [0.4, 0.5) is 0 Å². The van der Waals surface area contributed by atoms with E-state index in [-0.39, 0.29) is 0 Å². The first-order valence-corrected chi connectivity index (χ1v) is 16.0. The summed E-state index contributed by atoms with van der Waals surface area (Å²) in [6.45, 7) is 9.47. The Morgan fingerprint density at radius 2 is 0.618 bits per heavy atom. The summed E-state index contributed by atoms with van der Waals surface area (Å²) in [5, 5.41) is 0. The van der Waals surface area contributed by atoms with Crippen LogP contribution in [0.1, 0.15) is 175 Å². The largest absolute Gasteiger partial charge is 0.356 e. The molecule has 0 N–H and O–H groups in total. The van der Waals surface area contributed by atoms with Crippen LogP contribution in [0, 0.1) is 0 Å². The summed E-state index contributed by atoms with van der Waals surface area (Å²) in [4.78, 5) is 5.13. The molecule has 0 aromatic carbocycles. The molecule has 0 aliphatic carbocycles. The summed E-state index contributed by atoms with van der Waals surface area (Å²) in [5.74, 6) is 0. The quantitative estimate of drug-likeness (QED) is 0.114. The van der Waals surface area contributed by atoms with Crippen LogP contribution < -0.4 is 0 Å². The average molecular weight is 477 g/mol. The third-order valence-corrected chi connectivity index (χ3v) is 7.95. The Balaban J connectivity index is 1.84. The maximum absolute atomic E-state index is 2.57. The lowest BCUT2D eigenvalue weighted by Gasteiger charge is -2.30. The average Bonchev–Trinajstić information content (AvgIpc) is 3.19. The maximum Gasteiger partial charge on any atom is 0.0977 e. The van der Waals surface area contributed by atoms with Crippen molar-refractivity contribution in [1.29, 1.82) is 0 Å². The predicted molar refractivity (Wildman–Crippen MR) is 154 cm³/mol. The van der Waals surface area contributed by atoms with Crippen molar-refractivity contribution in [2.24, 2.45) is 0 Å². The summed E-state index contributed by atoms with van der Waals surface area (Å²) in [6.07, 6.45) is 39.7. The third-order valence-electron chi connectivity index (χ3n) is 7.95. The first kappa shape index (κ1) is 31.4. The maximum atomic E-state index is 2.57. The molecule has 1 unspecified atom stereocenters. The molecular weight excluding hydrogens is 412 g/mol. The molecule has 1 heterocycles. The van der Waals surface area contributed by atoms with Gasteiger partial charge in [-0.3, -0.25) is 0 Å². The van der Waals surface area contributed by atoms with Gasteiger partial charge in [0.2, 0.25) is 0 Å². The molecule has 2 nitrogen and oxygen atoms in total. The van der Waals surface area contributed by atoms with Gasteiger partial charge >= 0.3 is 0 Å². The zero-order valence-corrected chi connectivity index (χ0v) is 24.0. The van der Waals surface area contributed by atoms with Gasteiger partial charge in [-0.25, -0.2) is 0 Å². The molecule has 0 spiro atoms. The molecule has 1 atom stereocenters. The van der Waals surface area contributed by atoms with Crippen LogP contribution in [0.5, 0.6) is 0 Å². The second-order valence-corrected chi connectivity index (χ2v) is 11.2. The molecule has 34 heavy (non-hydrogen) atoms. The van der Waals surface area contributed by atoms with Crippen molar-refractivity contribution in [3.8, 4) is 0 Å². The first-order valence-electron chi connectivity index (χ1n) is 16.0. The predicted octanol–water partition coefficient (Wildman–Crippen LogP) is 10.8. The first-order chi connectivity index (χ1) is 16.8. The fourth-order valence-electron chi connectivity index (χ4n) is 5.40. The minimum Gasteiger partial charge on any atom is -0.356 e. The number of nitrogens with zero attached hydrogens (tertiary/aromatic N) is 2. The van der Waals surface area contributed by atoms with Gasteiger partial charge in [0.15, 0.2) is 0 Å². The molecule has 0 fully saturated rings. The van der Waals surface area contributed by atoms with Gasteiger partial charge in [0.05, 0.1) is 6.17 Å². The smallest absolute Gasteiger partial charge is 0.0977 e. The van der Waals surface area contributed by atoms with Gasteiger partial charge in [-0.05, 0) is 19.8 Å². The standard InChI is InChI=1S/C32H64N2/c1-4-6-8-10-12-14-15-16-17-18-19-21-23-25-27-29-34-31-30-33(32(34)3)28-26-24-22-20-13-11-9-7-5-2/h30-32H,4-29H2,1-3H3. The molecule has 2 heteroatoms. The SMILES string of the molecule is CCCCCCCCCCCCCCCCCN1C=CN(CCCCCCCCCCC)C1C. The van der Waals surface area contributed by atoms with Crippen LogP contribution in [-0.4, -0.2) is 29.1 Å². The Morgan fingerprint density at radius 1 is 0.382 bits per heavy atom. The van der Waals surface area contributed by atoms with Gasteiger partial charge < -0.3 is 9.80 Å². The molecule has 0 saturated carbocycles. The summed E-state index contributed by atoms with van der Waals surface area (Å²) in [5.41, 5.74) is 0. The van der Waals surface area contributed by atoms with Crippen molar-refractivity contribution in [2.75, 3.05) is 13.1 Å². The van der Waals surface area contributed by atoms with Crippen LogP contribution in [0.3, 0.4) is 0 Å². The van der Waals surface area contributed by atoms with Crippen LogP contribution in [-0.2, 0) is 0 Å². The van der Waals surface area contributed by atoms with Gasteiger partial charge in [0, 0.05) is 25.5 Å². The van der Waals surface area contributed by atoms with Gasteiger partial charge in [0.1, 0.15) is 0 Å². The van der Waals surface area contributed by atoms with Crippen molar-refractivity contribution in [1.82, 2.24) is 9.80 Å². The van der Waals surface area contributed by atoms with Crippen molar-refractivity contribution in [2.45, 2.75) is 181 Å². The summed E-state index contributed by atoms with van der Waals surface area (Å²) in [6, 6.07) is 0. The molecule has 0 bridgehead atoms. The van der Waals surface area contributed by atoms with E-state index in [0.29, 0.717) is 6.17 Å². The highest BCUT2D eigenvalue weighted by Gasteiger charge is 2.20. The van der Waals surface area contributed by atoms with E-state index in [4.69, 9.17) is 0 Å². The lowest BCUT2D eigenvalue weighted by atomic mass is 10.0. The van der Waals surface area contributed by atoms with E-state index in [1.807, 2.05) is 0 Å². The van der Waals surface area contributed by atoms with E-state index >= 15 is 0 Å².